The zero-order chi connectivity index (χ0) is 16.4. The smallest absolute Gasteiger partial charge is 0.115 e. The SMILES string of the molecule is CC(C)=CCc1c(C#N)c2ccccc2n1-c1ccc(O)cc1. The van der Waals surface area contributed by atoms with Crippen molar-refractivity contribution in [2.75, 3.05) is 0 Å². The number of hydrogen-bond donors (Lipinski definition) is 1. The number of allylic oxidation sites excluding steroid dienone is 2. The Bertz CT molecular complexity index is 921. The molecule has 0 saturated heterocycles. The molecule has 0 atom stereocenters. The van der Waals surface area contributed by atoms with Gasteiger partial charge < -0.3 is 9.67 Å². The van der Waals surface area contributed by atoms with E-state index in [4.69, 9.17) is 0 Å². The van der Waals surface area contributed by atoms with Crippen LogP contribution in [0.3, 0.4) is 0 Å². The first-order valence-corrected chi connectivity index (χ1v) is 7.57. The molecule has 114 valence electrons. The molecule has 1 N–H and O–H groups in total. The van der Waals surface area contributed by atoms with Crippen molar-refractivity contribution in [2.45, 2.75) is 20.3 Å². The standard InChI is InChI=1S/C20H18N2O/c1-14(2)7-12-20-18(13-21)17-5-3-4-6-19(17)22(20)15-8-10-16(23)11-9-15/h3-11,23H,12H2,1-2H3. The Kier molecular flexibility index (Phi) is 3.91. The number of para-hydroxylation sites is 1. The predicted molar refractivity (Wildman–Crippen MR) is 92.8 cm³/mol. The molecule has 3 rings (SSSR count). The van der Waals surface area contributed by atoms with E-state index < -0.39 is 0 Å². The van der Waals surface area contributed by atoms with Gasteiger partial charge in [0.15, 0.2) is 0 Å². The van der Waals surface area contributed by atoms with Gasteiger partial charge in [-0.3, -0.25) is 0 Å². The van der Waals surface area contributed by atoms with Crippen LogP contribution in [-0.2, 0) is 6.42 Å². The first kappa shape index (κ1) is 14.9. The van der Waals surface area contributed by atoms with Crippen LogP contribution in [0, 0.1) is 11.3 Å². The summed E-state index contributed by atoms with van der Waals surface area (Å²) in [6.07, 6.45) is 2.83. The third-order valence-corrected chi connectivity index (χ3v) is 3.90. The van der Waals surface area contributed by atoms with Gasteiger partial charge >= 0.3 is 0 Å². The highest BCUT2D eigenvalue weighted by atomic mass is 16.3. The summed E-state index contributed by atoms with van der Waals surface area (Å²) in [5, 5.41) is 20.2. The molecular weight excluding hydrogens is 284 g/mol. The highest BCUT2D eigenvalue weighted by molar-refractivity contribution is 5.89. The van der Waals surface area contributed by atoms with E-state index in [1.54, 1.807) is 12.1 Å². The molecule has 0 aliphatic carbocycles. The highest BCUT2D eigenvalue weighted by Gasteiger charge is 2.17. The Balaban J connectivity index is 2.33. The molecule has 0 radical (unpaired) electrons. The van der Waals surface area contributed by atoms with E-state index >= 15 is 0 Å². The van der Waals surface area contributed by atoms with Gasteiger partial charge in [-0.05, 0) is 44.2 Å². The predicted octanol–water partition coefficient (Wildman–Crippen LogP) is 4.72. The van der Waals surface area contributed by atoms with Crippen LogP contribution in [0.4, 0.5) is 0 Å². The maximum atomic E-state index is 9.66. The Hall–Kier alpha value is -2.99. The lowest BCUT2D eigenvalue weighted by atomic mass is 10.1. The molecule has 3 nitrogen and oxygen atoms in total. The molecule has 0 spiro atoms. The van der Waals surface area contributed by atoms with Crippen molar-refractivity contribution in [1.82, 2.24) is 4.57 Å². The fraction of sp³-hybridized carbons (Fsp3) is 0.150. The van der Waals surface area contributed by atoms with Crippen molar-refractivity contribution < 1.29 is 5.11 Å². The normalized spacial score (nSPS) is 10.5. The van der Waals surface area contributed by atoms with Crippen LogP contribution in [0.5, 0.6) is 5.75 Å². The van der Waals surface area contributed by atoms with Gasteiger partial charge in [0, 0.05) is 23.2 Å². The molecule has 3 aromatic rings. The molecule has 0 aliphatic rings. The molecule has 0 saturated carbocycles. The van der Waals surface area contributed by atoms with E-state index in [0.29, 0.717) is 12.0 Å². The second-order valence-electron chi connectivity index (χ2n) is 5.79. The number of phenols is 1. The topological polar surface area (TPSA) is 49.0 Å². The van der Waals surface area contributed by atoms with Crippen molar-refractivity contribution in [1.29, 1.82) is 5.26 Å². The van der Waals surface area contributed by atoms with E-state index in [-0.39, 0.29) is 5.75 Å². The first-order chi connectivity index (χ1) is 11.1. The summed E-state index contributed by atoms with van der Waals surface area (Å²) in [5.74, 6) is 0.233. The molecule has 2 aromatic carbocycles. The Morgan fingerprint density at radius 2 is 1.83 bits per heavy atom. The molecule has 0 bridgehead atoms. The van der Waals surface area contributed by atoms with Crippen molar-refractivity contribution in [3.8, 4) is 17.5 Å². The second-order valence-corrected chi connectivity index (χ2v) is 5.79. The third-order valence-electron chi connectivity index (χ3n) is 3.90. The third kappa shape index (κ3) is 2.72. The molecule has 23 heavy (non-hydrogen) atoms. The number of nitrogens with zero attached hydrogens (tertiary/aromatic N) is 2. The molecule has 0 unspecified atom stereocenters. The summed E-state index contributed by atoms with van der Waals surface area (Å²) in [4.78, 5) is 0. The minimum Gasteiger partial charge on any atom is -0.508 e. The number of fused-ring (bicyclic) bond motifs is 1. The van der Waals surface area contributed by atoms with Crippen molar-refractivity contribution in [2.24, 2.45) is 0 Å². The van der Waals surface area contributed by atoms with E-state index in [2.05, 4.69) is 30.6 Å². The van der Waals surface area contributed by atoms with Crippen LogP contribution in [-0.4, -0.2) is 9.67 Å². The Morgan fingerprint density at radius 3 is 2.48 bits per heavy atom. The highest BCUT2D eigenvalue weighted by Crippen LogP contribution is 2.30. The number of rotatable bonds is 3. The van der Waals surface area contributed by atoms with Crippen LogP contribution < -0.4 is 0 Å². The van der Waals surface area contributed by atoms with Crippen LogP contribution in [0.2, 0.25) is 0 Å². The maximum absolute atomic E-state index is 9.66. The minimum atomic E-state index is 0.233. The average molecular weight is 302 g/mol. The lowest BCUT2D eigenvalue weighted by Gasteiger charge is -2.10. The fourth-order valence-electron chi connectivity index (χ4n) is 2.81. The summed E-state index contributed by atoms with van der Waals surface area (Å²) < 4.78 is 2.10. The second kappa shape index (κ2) is 6.02. The lowest BCUT2D eigenvalue weighted by molar-refractivity contribution is 0.475. The van der Waals surface area contributed by atoms with Crippen molar-refractivity contribution >= 4 is 10.9 Å². The molecule has 0 fully saturated rings. The number of aromatic nitrogens is 1. The van der Waals surface area contributed by atoms with Gasteiger partial charge in [-0.1, -0.05) is 29.8 Å². The number of hydrogen-bond acceptors (Lipinski definition) is 2. The molecule has 1 aromatic heterocycles. The fourth-order valence-corrected chi connectivity index (χ4v) is 2.81. The summed E-state index contributed by atoms with van der Waals surface area (Å²) >= 11 is 0. The quantitative estimate of drug-likeness (QED) is 0.712. The molecule has 1 heterocycles. The molecule has 0 aliphatic heterocycles. The zero-order valence-corrected chi connectivity index (χ0v) is 13.2. The van der Waals surface area contributed by atoms with Gasteiger partial charge in [-0.15, -0.1) is 0 Å². The number of aromatic hydroxyl groups is 1. The van der Waals surface area contributed by atoms with E-state index in [9.17, 15) is 10.4 Å². The van der Waals surface area contributed by atoms with Crippen LogP contribution in [0.15, 0.2) is 60.2 Å². The van der Waals surface area contributed by atoms with Crippen LogP contribution in [0.1, 0.15) is 25.1 Å². The summed E-state index contributed by atoms with van der Waals surface area (Å²) in [5.41, 5.74) is 4.85. The first-order valence-electron chi connectivity index (χ1n) is 7.57. The molecular formula is C20H18N2O. The van der Waals surface area contributed by atoms with Gasteiger partial charge in [-0.2, -0.15) is 5.26 Å². The number of benzene rings is 2. The van der Waals surface area contributed by atoms with Crippen LogP contribution >= 0.6 is 0 Å². The van der Waals surface area contributed by atoms with Gasteiger partial charge in [0.1, 0.15) is 11.8 Å². The monoisotopic (exact) mass is 302 g/mol. The Labute approximate surface area is 135 Å². The van der Waals surface area contributed by atoms with Gasteiger partial charge in [0.2, 0.25) is 0 Å². The summed E-state index contributed by atoms with van der Waals surface area (Å²) in [6, 6.07) is 17.4. The summed E-state index contributed by atoms with van der Waals surface area (Å²) in [7, 11) is 0. The average Bonchev–Trinajstić information content (AvgIpc) is 2.87. The van der Waals surface area contributed by atoms with Gasteiger partial charge in [-0.25, -0.2) is 0 Å². The van der Waals surface area contributed by atoms with Gasteiger partial charge in [0.05, 0.1) is 11.1 Å². The zero-order valence-electron chi connectivity index (χ0n) is 13.2. The minimum absolute atomic E-state index is 0.233. The van der Waals surface area contributed by atoms with Crippen LogP contribution in [0.25, 0.3) is 16.6 Å². The maximum Gasteiger partial charge on any atom is 0.115 e. The number of phenolic OH excluding ortho intramolecular Hbond substituents is 1. The lowest BCUT2D eigenvalue weighted by Crippen LogP contribution is -2.00. The largest absolute Gasteiger partial charge is 0.508 e. The van der Waals surface area contributed by atoms with Gasteiger partial charge in [0.25, 0.3) is 0 Å². The van der Waals surface area contributed by atoms with E-state index in [0.717, 1.165) is 22.3 Å². The van der Waals surface area contributed by atoms with E-state index in [1.807, 2.05) is 36.4 Å². The molecule has 3 heteroatoms. The Morgan fingerprint density at radius 1 is 1.13 bits per heavy atom. The van der Waals surface area contributed by atoms with Crippen molar-refractivity contribution in [3.63, 3.8) is 0 Å². The number of nitriles is 1. The summed E-state index contributed by atoms with van der Waals surface area (Å²) in [6.45, 7) is 4.11. The van der Waals surface area contributed by atoms with Crippen molar-refractivity contribution in [3.05, 3.63) is 71.4 Å². The molecule has 0 amide bonds. The van der Waals surface area contributed by atoms with E-state index in [1.165, 1.54) is 5.57 Å².